The van der Waals surface area contributed by atoms with Crippen molar-refractivity contribution in [1.29, 1.82) is 0 Å². The molecule has 4 aromatic rings. The van der Waals surface area contributed by atoms with Crippen molar-refractivity contribution >= 4 is 86.4 Å². The quantitative estimate of drug-likeness (QED) is 0.125. The molecule has 0 aromatic heterocycles. The number of ketones is 2. The van der Waals surface area contributed by atoms with E-state index in [1.807, 2.05) is 0 Å². The Hall–Kier alpha value is -3.40. The second kappa shape index (κ2) is 11.7. The van der Waals surface area contributed by atoms with Gasteiger partial charge < -0.3 is 10.6 Å². The lowest BCUT2D eigenvalue weighted by Crippen LogP contribution is -2.24. The van der Waals surface area contributed by atoms with Crippen LogP contribution in [0.5, 0.6) is 0 Å². The first kappa shape index (κ1) is 33.9. The predicted octanol–water partition coefficient (Wildman–Crippen LogP) is 7.82. The van der Waals surface area contributed by atoms with Crippen LogP contribution in [0.15, 0.2) is 55.1 Å². The Morgan fingerprint density at radius 2 is 0.870 bits per heavy atom. The fourth-order valence-electron chi connectivity index (χ4n) is 6.18. The maximum Gasteiger partial charge on any atom is 0.295 e. The Kier molecular flexibility index (Phi) is 8.62. The summed E-state index contributed by atoms with van der Waals surface area (Å²) >= 11 is 6.84. The van der Waals surface area contributed by atoms with E-state index in [9.17, 15) is 35.5 Å². The van der Waals surface area contributed by atoms with E-state index in [0.717, 1.165) is 0 Å². The monoisotopic (exact) mass is 790 g/mol. The molecule has 0 bridgehead atoms. The summed E-state index contributed by atoms with van der Waals surface area (Å²) in [6.45, 7) is 9.63. The van der Waals surface area contributed by atoms with Crippen LogP contribution in [0.25, 0.3) is 0 Å². The van der Waals surface area contributed by atoms with Gasteiger partial charge in [-0.25, -0.2) is 0 Å². The second-order valence-corrected chi connectivity index (χ2v) is 15.4. The van der Waals surface area contributed by atoms with Crippen LogP contribution < -0.4 is 10.6 Å². The van der Waals surface area contributed by atoms with Crippen molar-refractivity contribution < 1.29 is 35.5 Å². The van der Waals surface area contributed by atoms with E-state index >= 15 is 0 Å². The molecule has 0 saturated heterocycles. The maximum atomic E-state index is 14.1. The smallest absolute Gasteiger partial charge is 0.295 e. The number of hydrogen-bond acceptors (Lipinski definition) is 8. The number of carbonyl (C=O) groups excluding carboxylic acids is 2. The van der Waals surface area contributed by atoms with E-state index in [-0.39, 0.29) is 54.5 Å². The molecule has 0 aliphatic heterocycles. The molecule has 0 saturated carbocycles. The number of fused-ring (bicyclic) bond motifs is 2. The molecule has 4 N–H and O–H groups in total. The third-order valence-electron chi connectivity index (χ3n) is 8.29. The minimum Gasteiger partial charge on any atom is -0.354 e. The molecule has 14 heteroatoms. The molecule has 0 fully saturated rings. The van der Waals surface area contributed by atoms with Gasteiger partial charge in [0, 0.05) is 31.4 Å². The summed E-state index contributed by atoms with van der Waals surface area (Å²) in [6.07, 6.45) is 0. The zero-order valence-electron chi connectivity index (χ0n) is 25.4. The summed E-state index contributed by atoms with van der Waals surface area (Å²) < 4.78 is 70.3. The molecule has 0 spiro atoms. The van der Waals surface area contributed by atoms with E-state index < -0.39 is 31.8 Å². The lowest BCUT2D eigenvalue weighted by Gasteiger charge is -2.26. The van der Waals surface area contributed by atoms with E-state index in [4.69, 9.17) is 0 Å². The number of carbonyl (C=O) groups is 2. The topological polar surface area (TPSA) is 167 Å². The molecule has 0 unspecified atom stereocenters. The van der Waals surface area contributed by atoms with Gasteiger partial charge in [0.05, 0.1) is 22.5 Å². The molecule has 240 valence electrons. The Balaban J connectivity index is 1.79. The zero-order chi connectivity index (χ0) is 34.2. The highest BCUT2D eigenvalue weighted by Crippen LogP contribution is 2.44. The Bertz CT molecular complexity index is 2120. The van der Waals surface area contributed by atoms with Crippen LogP contribution in [0.3, 0.4) is 0 Å². The van der Waals surface area contributed by atoms with Gasteiger partial charge in [-0.05, 0) is 87.1 Å². The third kappa shape index (κ3) is 5.40. The molecule has 0 radical (unpaired) electrons. The van der Waals surface area contributed by atoms with Gasteiger partial charge >= 0.3 is 0 Å². The lowest BCUT2D eigenvalue weighted by molar-refractivity contribution is 0.0980. The molecule has 0 atom stereocenters. The summed E-state index contributed by atoms with van der Waals surface area (Å²) in [5, 5.41) is 6.33. The molecule has 0 amide bonds. The summed E-state index contributed by atoms with van der Waals surface area (Å²) in [7, 11) is -9.26. The molecule has 5 rings (SSSR count). The first-order valence-electron chi connectivity index (χ1n) is 13.7. The molecular weight excluding hydrogens is 764 g/mol. The number of halogens is 2. The van der Waals surface area contributed by atoms with Gasteiger partial charge in [-0.3, -0.25) is 18.7 Å². The minimum atomic E-state index is -4.63. The van der Waals surface area contributed by atoms with Crippen LogP contribution in [0.1, 0.15) is 65.2 Å². The van der Waals surface area contributed by atoms with Crippen molar-refractivity contribution in [2.45, 2.75) is 51.3 Å². The summed E-state index contributed by atoms with van der Waals surface area (Å²) in [6, 6.07) is 9.47. The van der Waals surface area contributed by atoms with Crippen molar-refractivity contribution in [3.8, 4) is 0 Å². The maximum absolute atomic E-state index is 14.1. The number of hydrogen-bond donors (Lipinski definition) is 4. The van der Waals surface area contributed by atoms with Crippen molar-refractivity contribution in [2.75, 3.05) is 10.6 Å². The zero-order valence-corrected chi connectivity index (χ0v) is 30.2. The molecular formula is C32H28Br2N2O8S2. The number of rotatable bonds is 6. The summed E-state index contributed by atoms with van der Waals surface area (Å²) in [4.78, 5) is 27.7. The van der Waals surface area contributed by atoms with E-state index in [0.29, 0.717) is 42.6 Å². The molecule has 1 aliphatic rings. The fourth-order valence-corrected chi connectivity index (χ4v) is 9.19. The first-order chi connectivity index (χ1) is 21.3. The fraction of sp³-hybridized carbons (Fsp3) is 0.188. The van der Waals surface area contributed by atoms with Crippen molar-refractivity contribution in [2.24, 2.45) is 0 Å². The highest BCUT2D eigenvalue weighted by atomic mass is 79.9. The van der Waals surface area contributed by atoms with Gasteiger partial charge in [0.25, 0.3) is 20.2 Å². The van der Waals surface area contributed by atoms with Gasteiger partial charge in [-0.2, -0.15) is 16.8 Å². The standard InChI is InChI=1S/C32H28Br2N2O8S2/c1-13-25(33)15(3)31(45(39,40)41)17(5)27(13)35-21-11-12-22(24-23(21)29(37)19-9-7-8-10-20(19)30(24)38)36-28-14(2)26(34)16(4)32(18(28)6)46(42,43)44/h7-12,35-36H,1-6H3,(H,39,40,41)(H,42,43,44). The van der Waals surface area contributed by atoms with E-state index in [2.05, 4.69) is 42.5 Å². The largest absolute Gasteiger partial charge is 0.354 e. The number of anilines is 4. The second-order valence-electron chi connectivity index (χ2n) is 11.1. The summed E-state index contributed by atoms with van der Waals surface area (Å²) in [5.74, 6) is -0.935. The van der Waals surface area contributed by atoms with Crippen LogP contribution >= 0.6 is 31.9 Å². The van der Waals surface area contributed by atoms with Gasteiger partial charge in [-0.1, -0.05) is 56.1 Å². The van der Waals surface area contributed by atoms with Crippen LogP contribution in [0, 0.1) is 41.5 Å². The SMILES string of the molecule is Cc1c(Br)c(C)c(S(=O)(=O)O)c(C)c1Nc1ccc(Nc2c(C)c(Br)c(C)c(S(=O)(=O)O)c2C)c2c1C(=O)c1ccccc1C2=O. The van der Waals surface area contributed by atoms with E-state index in [1.54, 1.807) is 64.1 Å². The van der Waals surface area contributed by atoms with Crippen LogP contribution in [0.4, 0.5) is 22.7 Å². The van der Waals surface area contributed by atoms with Crippen molar-refractivity contribution in [3.05, 3.63) is 101 Å². The van der Waals surface area contributed by atoms with Gasteiger partial charge in [-0.15, -0.1) is 0 Å². The van der Waals surface area contributed by atoms with Crippen molar-refractivity contribution in [3.63, 3.8) is 0 Å². The predicted molar refractivity (Wildman–Crippen MR) is 183 cm³/mol. The average Bonchev–Trinajstić information content (AvgIpc) is 2.97. The minimum absolute atomic E-state index is 0.00842. The highest BCUT2D eigenvalue weighted by molar-refractivity contribution is 9.11. The molecule has 46 heavy (non-hydrogen) atoms. The molecule has 0 heterocycles. The third-order valence-corrected chi connectivity index (χ3v) is 12.9. The highest BCUT2D eigenvalue weighted by Gasteiger charge is 2.35. The Morgan fingerprint density at radius 3 is 1.17 bits per heavy atom. The van der Waals surface area contributed by atoms with Crippen molar-refractivity contribution in [1.82, 2.24) is 0 Å². The number of nitrogens with one attached hydrogen (secondary N) is 2. The Morgan fingerprint density at radius 1 is 0.543 bits per heavy atom. The molecule has 10 nitrogen and oxygen atoms in total. The number of benzene rings is 4. The summed E-state index contributed by atoms with van der Waals surface area (Å²) in [5.41, 5.74) is 3.62. The lowest BCUT2D eigenvalue weighted by atomic mass is 9.82. The van der Waals surface area contributed by atoms with Crippen LogP contribution in [-0.2, 0) is 20.2 Å². The average molecular weight is 793 g/mol. The Labute approximate surface area is 283 Å². The first-order valence-corrected chi connectivity index (χ1v) is 18.2. The van der Waals surface area contributed by atoms with Gasteiger partial charge in [0.1, 0.15) is 9.79 Å². The van der Waals surface area contributed by atoms with Crippen LogP contribution in [0.2, 0.25) is 0 Å². The van der Waals surface area contributed by atoms with Crippen LogP contribution in [-0.4, -0.2) is 37.5 Å². The molecule has 4 aromatic carbocycles. The van der Waals surface area contributed by atoms with Gasteiger partial charge in [0.15, 0.2) is 11.6 Å². The normalized spacial score (nSPS) is 13.0. The van der Waals surface area contributed by atoms with E-state index in [1.165, 1.54) is 13.8 Å². The van der Waals surface area contributed by atoms with Gasteiger partial charge in [0.2, 0.25) is 0 Å². The molecule has 1 aliphatic carbocycles.